The molecule has 1 saturated carbocycles. The largest absolute Gasteiger partial charge is 0.704 e. The lowest BCUT2D eigenvalue weighted by atomic mass is 9.79. The molecule has 8 rings (SSSR count). The third kappa shape index (κ3) is 5.26. The standard InChI is InChI=1S/C39H49N7O2/c1-26-17-27(21-44-24-31(41-42-44)11-10-15-43-16-14-40-25-43)18-28-22-45-33-12-8-9-13-34(33)46-23-29-19-30(37(2,3)4)20-32(38(5,6)7)36(29)48-39(45,46)47-35(26)28/h14,16-20,22-25,33-34H,8-13,15,21H2,1-7H3/q+2. The normalized spacial score (nSPS) is 22.7. The van der Waals surface area contributed by atoms with Crippen molar-refractivity contribution >= 4 is 12.4 Å². The number of hydrogen-bond acceptors (Lipinski definition) is 5. The topological polar surface area (TPSA) is 73.0 Å². The Morgan fingerprint density at radius 3 is 2.27 bits per heavy atom. The maximum absolute atomic E-state index is 7.30. The van der Waals surface area contributed by atoms with E-state index in [0.717, 1.165) is 66.1 Å². The highest BCUT2D eigenvalue weighted by molar-refractivity contribution is 5.85. The molecule has 0 N–H and O–H groups in total. The number of hydrogen-bond donors (Lipinski definition) is 0. The number of imidazole rings is 1. The van der Waals surface area contributed by atoms with Crippen LogP contribution in [0.25, 0.3) is 0 Å². The van der Waals surface area contributed by atoms with Crippen molar-refractivity contribution in [3.8, 4) is 11.5 Å². The summed E-state index contributed by atoms with van der Waals surface area (Å²) in [5.41, 5.74) is 8.01. The van der Waals surface area contributed by atoms with Crippen molar-refractivity contribution in [1.82, 2.24) is 24.5 Å². The van der Waals surface area contributed by atoms with Gasteiger partial charge >= 0.3 is 6.03 Å². The third-order valence-corrected chi connectivity index (χ3v) is 10.6. The zero-order valence-electron chi connectivity index (χ0n) is 29.5. The number of ether oxygens (including phenoxy) is 2. The molecule has 3 aliphatic heterocycles. The van der Waals surface area contributed by atoms with E-state index in [2.05, 4.69) is 120 Å². The molecule has 48 heavy (non-hydrogen) atoms. The lowest BCUT2D eigenvalue weighted by Gasteiger charge is -2.33. The van der Waals surface area contributed by atoms with Crippen molar-refractivity contribution in [3.63, 3.8) is 0 Å². The van der Waals surface area contributed by atoms with E-state index in [1.165, 1.54) is 29.5 Å². The molecule has 4 aromatic rings. The molecule has 0 bridgehead atoms. The minimum atomic E-state index is -1.05. The summed E-state index contributed by atoms with van der Waals surface area (Å²) >= 11 is 0. The van der Waals surface area contributed by atoms with E-state index in [1.54, 1.807) is 0 Å². The second-order valence-corrected chi connectivity index (χ2v) is 16.3. The Morgan fingerprint density at radius 1 is 0.896 bits per heavy atom. The van der Waals surface area contributed by atoms with Crippen LogP contribution in [0.5, 0.6) is 11.5 Å². The molecule has 3 atom stereocenters. The Bertz CT molecular complexity index is 1940. The first-order chi connectivity index (χ1) is 22.9. The minimum Gasteiger partial charge on any atom is -0.340 e. The quantitative estimate of drug-likeness (QED) is 0.229. The average Bonchev–Trinajstić information content (AvgIpc) is 3.77. The van der Waals surface area contributed by atoms with Crippen LogP contribution < -0.4 is 9.47 Å². The molecule has 250 valence electrons. The number of aryl methyl sites for hydroxylation is 3. The molecule has 9 nitrogen and oxygen atoms in total. The SMILES string of the molecule is Cc1cc(Cn2cc(CCCn3ccnc3)nn2)cc2c1OC13Oc4c(cc(C(C)(C)C)cc4C(C)(C)C)C=[N+]1C1CCCCC1[N+]3=C2. The summed E-state index contributed by atoms with van der Waals surface area (Å²) in [7, 11) is 0. The summed E-state index contributed by atoms with van der Waals surface area (Å²) in [6.45, 7) is 17.4. The maximum atomic E-state index is 7.30. The van der Waals surface area contributed by atoms with Crippen LogP contribution in [0.1, 0.15) is 113 Å². The zero-order valence-corrected chi connectivity index (χ0v) is 29.5. The molecule has 2 aromatic heterocycles. The van der Waals surface area contributed by atoms with Crippen molar-refractivity contribution in [2.24, 2.45) is 0 Å². The van der Waals surface area contributed by atoms with Crippen molar-refractivity contribution in [3.05, 3.63) is 88.3 Å². The predicted molar refractivity (Wildman–Crippen MR) is 186 cm³/mol. The van der Waals surface area contributed by atoms with Gasteiger partial charge in [-0.3, -0.25) is 0 Å². The Balaban J connectivity index is 1.14. The molecule has 5 heterocycles. The van der Waals surface area contributed by atoms with Gasteiger partial charge in [0.05, 0.1) is 29.7 Å². The van der Waals surface area contributed by atoms with Crippen molar-refractivity contribution in [2.45, 2.75) is 129 Å². The molecule has 0 amide bonds. The van der Waals surface area contributed by atoms with Crippen molar-refractivity contribution < 1.29 is 18.6 Å². The second kappa shape index (κ2) is 11.1. The predicted octanol–water partition coefficient (Wildman–Crippen LogP) is 6.34. The van der Waals surface area contributed by atoms with Gasteiger partial charge in [0.25, 0.3) is 0 Å². The number of aromatic nitrogens is 5. The smallest absolute Gasteiger partial charge is 0.340 e. The summed E-state index contributed by atoms with van der Waals surface area (Å²) < 4.78 is 23.4. The van der Waals surface area contributed by atoms with Crippen LogP contribution in [0.4, 0.5) is 0 Å². The van der Waals surface area contributed by atoms with Gasteiger partial charge in [0.1, 0.15) is 0 Å². The summed E-state index contributed by atoms with van der Waals surface area (Å²) in [6, 6.07) is 8.75. The Kier molecular flexibility index (Phi) is 7.20. The van der Waals surface area contributed by atoms with Gasteiger partial charge in [-0.2, -0.15) is 0 Å². The second-order valence-electron chi connectivity index (χ2n) is 16.3. The fourth-order valence-electron chi connectivity index (χ4n) is 8.08. The van der Waals surface area contributed by atoms with Gasteiger partial charge in [0.2, 0.25) is 12.1 Å². The van der Waals surface area contributed by atoms with Crippen LogP contribution in [-0.4, -0.2) is 64.2 Å². The fraction of sp³-hybridized carbons (Fsp3) is 0.513. The van der Waals surface area contributed by atoms with E-state index in [9.17, 15) is 0 Å². The van der Waals surface area contributed by atoms with E-state index in [1.807, 2.05) is 23.4 Å². The molecular weight excluding hydrogens is 598 g/mol. The number of nitrogens with zero attached hydrogens (tertiary/aromatic N) is 7. The molecule has 1 aliphatic carbocycles. The lowest BCUT2D eigenvalue weighted by Crippen LogP contribution is -2.60. The van der Waals surface area contributed by atoms with Crippen LogP contribution in [0.2, 0.25) is 0 Å². The Hall–Kier alpha value is -4.27. The van der Waals surface area contributed by atoms with E-state index in [4.69, 9.17) is 9.47 Å². The number of fused-ring (bicyclic) bond motifs is 5. The molecule has 3 unspecified atom stereocenters. The molecule has 2 aromatic carbocycles. The van der Waals surface area contributed by atoms with Crippen LogP contribution in [0, 0.1) is 6.92 Å². The van der Waals surface area contributed by atoms with E-state index < -0.39 is 6.03 Å². The van der Waals surface area contributed by atoms with Crippen LogP contribution in [0.3, 0.4) is 0 Å². The molecule has 4 aliphatic rings. The van der Waals surface area contributed by atoms with Crippen molar-refractivity contribution in [1.29, 1.82) is 0 Å². The molecule has 0 radical (unpaired) electrons. The number of benzene rings is 2. The first-order valence-electron chi connectivity index (χ1n) is 17.7. The van der Waals surface area contributed by atoms with Gasteiger partial charge in [-0.05, 0) is 72.3 Å². The molecule has 9 heteroatoms. The Morgan fingerprint density at radius 2 is 1.60 bits per heavy atom. The fourth-order valence-corrected chi connectivity index (χ4v) is 8.08. The van der Waals surface area contributed by atoms with Crippen LogP contribution in [0.15, 0.2) is 49.2 Å². The molecule has 1 saturated heterocycles. The highest BCUT2D eigenvalue weighted by Gasteiger charge is 2.76. The van der Waals surface area contributed by atoms with Crippen molar-refractivity contribution in [2.75, 3.05) is 0 Å². The lowest BCUT2D eigenvalue weighted by molar-refractivity contribution is -0.866. The highest BCUT2D eigenvalue weighted by atomic mass is 16.7. The van der Waals surface area contributed by atoms with Gasteiger partial charge in [-0.15, -0.1) is 5.10 Å². The van der Waals surface area contributed by atoms with Crippen LogP contribution >= 0.6 is 0 Å². The summed E-state index contributed by atoms with van der Waals surface area (Å²) in [4.78, 5) is 4.13. The van der Waals surface area contributed by atoms with E-state index in [-0.39, 0.29) is 10.8 Å². The molecule has 2 fully saturated rings. The first kappa shape index (κ1) is 31.0. The molecular formula is C39H49N7O2+2. The monoisotopic (exact) mass is 647 g/mol. The summed E-state index contributed by atoms with van der Waals surface area (Å²) in [6.07, 6.45) is 19.0. The highest BCUT2D eigenvalue weighted by Crippen LogP contribution is 2.48. The number of rotatable bonds is 6. The van der Waals surface area contributed by atoms with Crippen LogP contribution in [-0.2, 0) is 30.3 Å². The Labute approximate surface area is 283 Å². The van der Waals surface area contributed by atoms with Gasteiger partial charge in [0.15, 0.2) is 23.9 Å². The maximum Gasteiger partial charge on any atom is 0.704 e. The van der Waals surface area contributed by atoms with E-state index >= 15 is 0 Å². The van der Waals surface area contributed by atoms with E-state index in [0.29, 0.717) is 18.6 Å². The van der Waals surface area contributed by atoms with Gasteiger partial charge in [-0.1, -0.05) is 68.0 Å². The molecule has 1 spiro atoms. The van der Waals surface area contributed by atoms with Gasteiger partial charge in [-0.25, -0.2) is 9.67 Å². The first-order valence-corrected chi connectivity index (χ1v) is 17.7. The minimum absolute atomic E-state index is 0.0277. The van der Waals surface area contributed by atoms with Gasteiger partial charge in [0, 0.05) is 43.5 Å². The summed E-state index contributed by atoms with van der Waals surface area (Å²) in [5.74, 6) is 1.83. The zero-order chi connectivity index (χ0) is 33.4. The average molecular weight is 648 g/mol. The van der Waals surface area contributed by atoms with Gasteiger partial charge < -0.3 is 14.0 Å². The third-order valence-electron chi connectivity index (χ3n) is 10.6. The summed E-state index contributed by atoms with van der Waals surface area (Å²) in [5, 5.41) is 8.92.